The molecule has 2 heteroatoms. The van der Waals surface area contributed by atoms with Crippen molar-refractivity contribution in [1.82, 2.24) is 0 Å². The topological polar surface area (TPSA) is 0 Å². The van der Waals surface area contributed by atoms with E-state index in [0.717, 1.165) is 48.5 Å². The van der Waals surface area contributed by atoms with Gasteiger partial charge in [-0.2, -0.15) is 0 Å². The standard InChI is InChI=1S/C28H42F2/c1-3-5-19-7-9-20(10-8-19)21-11-13-22(14-12-21)23-15-16-24-17-25(6-4-2)27(29)28(30)26(24)18-23/h17,19-23H,3-16,18H2,1-2H3. The Kier molecular flexibility index (Phi) is 7.53. The highest BCUT2D eigenvalue weighted by Gasteiger charge is 2.35. The highest BCUT2D eigenvalue weighted by Crippen LogP contribution is 2.46. The zero-order chi connectivity index (χ0) is 21.1. The van der Waals surface area contributed by atoms with E-state index in [9.17, 15) is 8.78 Å². The summed E-state index contributed by atoms with van der Waals surface area (Å²) in [5.74, 6) is 3.09. The van der Waals surface area contributed by atoms with E-state index in [2.05, 4.69) is 6.92 Å². The predicted molar refractivity (Wildman–Crippen MR) is 122 cm³/mol. The quantitative estimate of drug-likeness (QED) is 0.436. The average Bonchev–Trinajstić information content (AvgIpc) is 2.78. The first-order valence-corrected chi connectivity index (χ1v) is 13.1. The summed E-state index contributed by atoms with van der Waals surface area (Å²) in [6.45, 7) is 4.35. The Labute approximate surface area is 183 Å². The van der Waals surface area contributed by atoms with Gasteiger partial charge in [-0.15, -0.1) is 0 Å². The molecular weight excluding hydrogens is 374 g/mol. The van der Waals surface area contributed by atoms with Gasteiger partial charge in [-0.1, -0.05) is 52.0 Å². The molecular formula is C28H42F2. The summed E-state index contributed by atoms with van der Waals surface area (Å²) in [5.41, 5.74) is 2.38. The first-order chi connectivity index (χ1) is 14.6. The molecule has 0 radical (unpaired) electrons. The fourth-order valence-corrected chi connectivity index (χ4v) is 7.22. The Morgan fingerprint density at radius 3 is 1.93 bits per heavy atom. The molecule has 0 bridgehead atoms. The number of hydrogen-bond acceptors (Lipinski definition) is 0. The Morgan fingerprint density at radius 1 is 0.733 bits per heavy atom. The third-order valence-electron chi connectivity index (χ3n) is 8.98. The van der Waals surface area contributed by atoms with Crippen LogP contribution in [-0.2, 0) is 19.3 Å². The largest absolute Gasteiger partial charge is 0.203 e. The summed E-state index contributed by atoms with van der Waals surface area (Å²) in [6, 6.07) is 1.97. The Balaban J connectivity index is 1.32. The van der Waals surface area contributed by atoms with Crippen molar-refractivity contribution in [2.45, 2.75) is 110 Å². The van der Waals surface area contributed by atoms with Crippen LogP contribution in [-0.4, -0.2) is 0 Å². The lowest BCUT2D eigenvalue weighted by Gasteiger charge is -2.41. The summed E-state index contributed by atoms with van der Waals surface area (Å²) in [7, 11) is 0. The predicted octanol–water partition coefficient (Wildman–Crippen LogP) is 8.44. The zero-order valence-electron chi connectivity index (χ0n) is 19.3. The van der Waals surface area contributed by atoms with Crippen molar-refractivity contribution in [2.75, 3.05) is 0 Å². The summed E-state index contributed by atoms with van der Waals surface area (Å²) < 4.78 is 29.3. The van der Waals surface area contributed by atoms with Crippen molar-refractivity contribution in [3.8, 4) is 0 Å². The minimum atomic E-state index is -0.571. The van der Waals surface area contributed by atoms with E-state index in [1.807, 2.05) is 13.0 Å². The summed E-state index contributed by atoms with van der Waals surface area (Å²) >= 11 is 0. The maximum atomic E-state index is 14.8. The number of aryl methyl sites for hydroxylation is 2. The van der Waals surface area contributed by atoms with Crippen molar-refractivity contribution < 1.29 is 8.78 Å². The van der Waals surface area contributed by atoms with E-state index < -0.39 is 11.6 Å². The number of halogens is 2. The van der Waals surface area contributed by atoms with Crippen molar-refractivity contribution >= 4 is 0 Å². The van der Waals surface area contributed by atoms with Gasteiger partial charge in [-0.05, 0) is 110 Å². The second kappa shape index (κ2) is 10.1. The zero-order valence-corrected chi connectivity index (χ0v) is 19.3. The molecule has 3 aliphatic rings. The van der Waals surface area contributed by atoms with Crippen LogP contribution in [0.4, 0.5) is 8.78 Å². The first-order valence-electron chi connectivity index (χ1n) is 13.1. The molecule has 0 spiro atoms. The Morgan fingerprint density at radius 2 is 1.33 bits per heavy atom. The van der Waals surface area contributed by atoms with Crippen LogP contribution < -0.4 is 0 Å². The van der Waals surface area contributed by atoms with Gasteiger partial charge in [0.25, 0.3) is 0 Å². The molecule has 3 aliphatic carbocycles. The summed E-state index contributed by atoms with van der Waals surface area (Å²) in [5, 5.41) is 0. The van der Waals surface area contributed by atoms with Gasteiger partial charge < -0.3 is 0 Å². The van der Waals surface area contributed by atoms with Crippen LogP contribution in [0.3, 0.4) is 0 Å². The molecule has 1 atom stereocenters. The van der Waals surface area contributed by atoms with Crippen LogP contribution in [0.25, 0.3) is 0 Å². The highest BCUT2D eigenvalue weighted by atomic mass is 19.2. The van der Waals surface area contributed by atoms with E-state index in [4.69, 9.17) is 0 Å². The molecule has 1 aromatic carbocycles. The summed E-state index contributed by atoms with van der Waals surface area (Å²) in [4.78, 5) is 0. The van der Waals surface area contributed by atoms with Crippen LogP contribution in [0, 0.1) is 41.2 Å². The van der Waals surface area contributed by atoms with Gasteiger partial charge in [0.05, 0.1) is 0 Å². The van der Waals surface area contributed by atoms with Gasteiger partial charge in [0.1, 0.15) is 0 Å². The van der Waals surface area contributed by atoms with E-state index in [1.165, 1.54) is 70.6 Å². The molecule has 0 nitrogen and oxygen atoms in total. The molecule has 0 heterocycles. The molecule has 168 valence electrons. The molecule has 2 saturated carbocycles. The number of hydrogen-bond donors (Lipinski definition) is 0. The fourth-order valence-electron chi connectivity index (χ4n) is 7.22. The highest BCUT2D eigenvalue weighted by molar-refractivity contribution is 5.37. The fraction of sp³-hybridized carbons (Fsp3) is 0.786. The van der Waals surface area contributed by atoms with Crippen molar-refractivity contribution in [2.24, 2.45) is 29.6 Å². The molecule has 1 unspecified atom stereocenters. The lowest BCUT2D eigenvalue weighted by molar-refractivity contribution is 0.118. The van der Waals surface area contributed by atoms with E-state index in [0.29, 0.717) is 23.5 Å². The monoisotopic (exact) mass is 416 g/mol. The number of fused-ring (bicyclic) bond motifs is 1. The lowest BCUT2D eigenvalue weighted by atomic mass is 9.65. The molecule has 1 aromatic rings. The maximum absolute atomic E-state index is 14.8. The van der Waals surface area contributed by atoms with Crippen LogP contribution in [0.1, 0.15) is 108 Å². The normalized spacial score (nSPS) is 32.1. The molecule has 0 saturated heterocycles. The van der Waals surface area contributed by atoms with Gasteiger partial charge in [0, 0.05) is 0 Å². The van der Waals surface area contributed by atoms with E-state index in [1.54, 1.807) is 0 Å². The van der Waals surface area contributed by atoms with Gasteiger partial charge in [0.15, 0.2) is 11.6 Å². The van der Waals surface area contributed by atoms with Gasteiger partial charge in [-0.3, -0.25) is 0 Å². The third-order valence-corrected chi connectivity index (χ3v) is 8.98. The average molecular weight is 417 g/mol. The maximum Gasteiger partial charge on any atom is 0.162 e. The Bertz CT molecular complexity index is 693. The molecule has 0 aromatic heterocycles. The van der Waals surface area contributed by atoms with Crippen LogP contribution in [0.2, 0.25) is 0 Å². The summed E-state index contributed by atoms with van der Waals surface area (Å²) in [6.07, 6.45) is 18.4. The van der Waals surface area contributed by atoms with Crippen molar-refractivity contribution in [3.05, 3.63) is 34.4 Å². The first kappa shape index (κ1) is 22.3. The van der Waals surface area contributed by atoms with Gasteiger partial charge >= 0.3 is 0 Å². The molecule has 0 amide bonds. The number of rotatable bonds is 6. The third kappa shape index (κ3) is 4.78. The van der Waals surface area contributed by atoms with Crippen LogP contribution in [0.15, 0.2) is 6.07 Å². The lowest BCUT2D eigenvalue weighted by Crippen LogP contribution is -2.30. The second-order valence-corrected chi connectivity index (χ2v) is 10.8. The smallest absolute Gasteiger partial charge is 0.162 e. The Hall–Kier alpha value is -0.920. The van der Waals surface area contributed by atoms with E-state index in [-0.39, 0.29) is 0 Å². The van der Waals surface area contributed by atoms with Crippen molar-refractivity contribution in [3.63, 3.8) is 0 Å². The molecule has 4 rings (SSSR count). The minimum absolute atomic E-state index is 0.529. The van der Waals surface area contributed by atoms with Crippen molar-refractivity contribution in [1.29, 1.82) is 0 Å². The SMILES string of the molecule is CCCc1cc2c(c(F)c1F)CC(C1CCC(C3CCC(CCC)CC3)CC1)CC2. The minimum Gasteiger partial charge on any atom is -0.203 e. The molecule has 0 aliphatic heterocycles. The molecule has 30 heavy (non-hydrogen) atoms. The van der Waals surface area contributed by atoms with Crippen LogP contribution in [0.5, 0.6) is 0 Å². The number of benzene rings is 1. The van der Waals surface area contributed by atoms with Gasteiger partial charge in [-0.25, -0.2) is 8.78 Å². The van der Waals surface area contributed by atoms with Gasteiger partial charge in [0.2, 0.25) is 0 Å². The second-order valence-electron chi connectivity index (χ2n) is 10.8. The van der Waals surface area contributed by atoms with E-state index >= 15 is 0 Å². The molecule has 0 N–H and O–H groups in total. The molecule has 2 fully saturated rings. The van der Waals surface area contributed by atoms with Crippen LogP contribution >= 0.6 is 0 Å².